The summed E-state index contributed by atoms with van der Waals surface area (Å²) in [5.74, 6) is 1.53. The summed E-state index contributed by atoms with van der Waals surface area (Å²) in [7, 11) is -2.33. The lowest BCUT2D eigenvalue weighted by atomic mass is 10.3. The van der Waals surface area contributed by atoms with E-state index in [4.69, 9.17) is 4.74 Å². The maximum Gasteiger partial charge on any atom is 0.289 e. The van der Waals surface area contributed by atoms with Gasteiger partial charge in [0.05, 0.1) is 29.6 Å². The summed E-state index contributed by atoms with van der Waals surface area (Å²) in [5.41, 5.74) is 1.31. The van der Waals surface area contributed by atoms with Crippen LogP contribution < -0.4 is 4.74 Å². The van der Waals surface area contributed by atoms with Crippen LogP contribution >= 0.6 is 0 Å². The smallest absolute Gasteiger partial charge is 0.289 e. The topological polar surface area (TPSA) is 122 Å². The van der Waals surface area contributed by atoms with Crippen molar-refractivity contribution >= 4 is 26.7 Å². The van der Waals surface area contributed by atoms with Gasteiger partial charge in [0.1, 0.15) is 11.6 Å². The number of hydrogen-bond acceptors (Lipinski definition) is 7. The number of nitro benzene ring substituents is 1. The van der Waals surface area contributed by atoms with E-state index in [-0.39, 0.29) is 18.0 Å². The quantitative estimate of drug-likeness (QED) is 0.468. The molecule has 0 amide bonds. The molecule has 0 atom stereocenters. The molecule has 3 aromatic rings. The highest BCUT2D eigenvalue weighted by Crippen LogP contribution is 2.27. The minimum absolute atomic E-state index is 0.252. The number of sulfonamides is 1. The molecule has 4 rings (SSSR count). The molecule has 1 saturated heterocycles. The first-order valence-corrected chi connectivity index (χ1v) is 10.8. The fourth-order valence-electron chi connectivity index (χ4n) is 3.55. The van der Waals surface area contributed by atoms with E-state index >= 15 is 0 Å². The number of nitro groups is 1. The number of rotatable bonds is 6. The standard InChI is InChI=1S/C19H21N5O5S/c1-29-14-6-7-15-16(12-14)21-19(20-15)13-22-8-10-23(11-9-22)30(27,28)18-5-3-2-4-17(18)24(25)26/h2-7,12H,8-11,13H2,1H3,(H,20,21). The summed E-state index contributed by atoms with van der Waals surface area (Å²) < 4.78 is 32.4. The van der Waals surface area contributed by atoms with Crippen molar-refractivity contribution < 1.29 is 18.1 Å². The van der Waals surface area contributed by atoms with Crippen LogP contribution in [0.4, 0.5) is 5.69 Å². The third kappa shape index (κ3) is 3.86. The van der Waals surface area contributed by atoms with Gasteiger partial charge < -0.3 is 9.72 Å². The predicted octanol–water partition coefficient (Wildman–Crippen LogP) is 1.99. The van der Waals surface area contributed by atoms with E-state index in [0.29, 0.717) is 19.6 Å². The first-order valence-electron chi connectivity index (χ1n) is 9.37. The zero-order chi connectivity index (χ0) is 21.3. The van der Waals surface area contributed by atoms with Crippen molar-refractivity contribution in [3.05, 3.63) is 58.4 Å². The van der Waals surface area contributed by atoms with Gasteiger partial charge in [-0.3, -0.25) is 15.0 Å². The van der Waals surface area contributed by atoms with E-state index in [2.05, 4.69) is 14.9 Å². The molecule has 0 saturated carbocycles. The van der Waals surface area contributed by atoms with Crippen molar-refractivity contribution in [2.75, 3.05) is 33.3 Å². The summed E-state index contributed by atoms with van der Waals surface area (Å²) in [6, 6.07) is 11.0. The second-order valence-electron chi connectivity index (χ2n) is 6.97. The molecule has 11 heteroatoms. The molecule has 30 heavy (non-hydrogen) atoms. The van der Waals surface area contributed by atoms with Crippen molar-refractivity contribution in [3.8, 4) is 5.75 Å². The SMILES string of the molecule is COc1ccc2nc(CN3CCN(S(=O)(=O)c4ccccc4[N+](=O)[O-])CC3)[nH]c2c1. The van der Waals surface area contributed by atoms with Gasteiger partial charge in [-0.1, -0.05) is 12.1 Å². The average molecular weight is 431 g/mol. The van der Waals surface area contributed by atoms with E-state index in [1.807, 2.05) is 18.2 Å². The number of hydrogen-bond donors (Lipinski definition) is 1. The van der Waals surface area contributed by atoms with Gasteiger partial charge in [0, 0.05) is 38.3 Å². The molecule has 2 aromatic carbocycles. The first kappa shape index (κ1) is 20.3. The van der Waals surface area contributed by atoms with Crippen LogP contribution in [0.1, 0.15) is 5.82 Å². The number of ether oxygens (including phenoxy) is 1. The fraction of sp³-hybridized carbons (Fsp3) is 0.316. The van der Waals surface area contributed by atoms with Crippen LogP contribution in [0.25, 0.3) is 11.0 Å². The molecule has 1 N–H and O–H groups in total. The first-order chi connectivity index (χ1) is 14.4. The molecule has 2 heterocycles. The lowest BCUT2D eigenvalue weighted by molar-refractivity contribution is -0.387. The Balaban J connectivity index is 1.44. The molecule has 1 aliphatic rings. The Bertz CT molecular complexity index is 1180. The van der Waals surface area contributed by atoms with Crippen molar-refractivity contribution in [1.82, 2.24) is 19.2 Å². The van der Waals surface area contributed by atoms with Crippen LogP contribution in [0.15, 0.2) is 47.4 Å². The summed E-state index contributed by atoms with van der Waals surface area (Å²) in [6.07, 6.45) is 0. The second kappa shape index (κ2) is 8.01. The minimum Gasteiger partial charge on any atom is -0.497 e. The zero-order valence-electron chi connectivity index (χ0n) is 16.3. The molecule has 0 radical (unpaired) electrons. The molecule has 0 bridgehead atoms. The van der Waals surface area contributed by atoms with Gasteiger partial charge in [0.25, 0.3) is 5.69 Å². The highest BCUT2D eigenvalue weighted by Gasteiger charge is 2.33. The summed E-state index contributed by atoms with van der Waals surface area (Å²) in [6.45, 7) is 2.06. The summed E-state index contributed by atoms with van der Waals surface area (Å²) >= 11 is 0. The monoisotopic (exact) mass is 431 g/mol. The maximum absolute atomic E-state index is 12.9. The third-order valence-electron chi connectivity index (χ3n) is 5.12. The average Bonchev–Trinajstić information content (AvgIpc) is 3.15. The van der Waals surface area contributed by atoms with Crippen LogP contribution in [-0.4, -0.2) is 65.8 Å². The Labute approximate surface area is 173 Å². The Morgan fingerprint density at radius 2 is 1.90 bits per heavy atom. The van der Waals surface area contributed by atoms with Gasteiger partial charge in [0.2, 0.25) is 10.0 Å². The number of aromatic amines is 1. The Hall–Kier alpha value is -3.02. The van der Waals surface area contributed by atoms with E-state index < -0.39 is 20.6 Å². The van der Waals surface area contributed by atoms with Crippen LogP contribution in [0.3, 0.4) is 0 Å². The minimum atomic E-state index is -3.93. The fourth-order valence-corrected chi connectivity index (χ4v) is 5.13. The van der Waals surface area contributed by atoms with Crippen LogP contribution in [0.5, 0.6) is 5.75 Å². The van der Waals surface area contributed by atoms with Crippen molar-refractivity contribution in [1.29, 1.82) is 0 Å². The van der Waals surface area contributed by atoms with Gasteiger partial charge in [-0.05, 0) is 18.2 Å². The number of nitrogens with one attached hydrogen (secondary N) is 1. The normalized spacial score (nSPS) is 16.0. The van der Waals surface area contributed by atoms with Gasteiger partial charge in [-0.15, -0.1) is 0 Å². The number of aromatic nitrogens is 2. The zero-order valence-corrected chi connectivity index (χ0v) is 17.1. The lowest BCUT2D eigenvalue weighted by Gasteiger charge is -2.33. The number of fused-ring (bicyclic) bond motifs is 1. The van der Waals surface area contributed by atoms with Crippen LogP contribution in [0, 0.1) is 10.1 Å². The lowest BCUT2D eigenvalue weighted by Crippen LogP contribution is -2.48. The number of H-pyrrole nitrogens is 1. The van der Waals surface area contributed by atoms with Crippen LogP contribution in [0.2, 0.25) is 0 Å². The van der Waals surface area contributed by atoms with Crippen molar-refractivity contribution in [2.45, 2.75) is 11.4 Å². The Morgan fingerprint density at radius 1 is 1.17 bits per heavy atom. The number of para-hydroxylation sites is 1. The number of nitrogens with zero attached hydrogens (tertiary/aromatic N) is 4. The molecule has 1 aliphatic heterocycles. The second-order valence-corrected chi connectivity index (χ2v) is 8.88. The van der Waals surface area contributed by atoms with Crippen molar-refractivity contribution in [2.24, 2.45) is 0 Å². The number of methoxy groups -OCH3 is 1. The van der Waals surface area contributed by atoms with E-state index in [9.17, 15) is 18.5 Å². The maximum atomic E-state index is 12.9. The molecule has 158 valence electrons. The van der Waals surface area contributed by atoms with Gasteiger partial charge in [-0.25, -0.2) is 13.4 Å². The van der Waals surface area contributed by atoms with E-state index in [1.54, 1.807) is 7.11 Å². The molecule has 0 spiro atoms. The number of piperazine rings is 1. The predicted molar refractivity (Wildman–Crippen MR) is 110 cm³/mol. The van der Waals surface area contributed by atoms with Gasteiger partial charge in [-0.2, -0.15) is 4.31 Å². The Morgan fingerprint density at radius 3 is 2.60 bits per heavy atom. The van der Waals surface area contributed by atoms with E-state index in [1.165, 1.54) is 28.6 Å². The summed E-state index contributed by atoms with van der Waals surface area (Å²) in [4.78, 5) is 20.2. The Kier molecular flexibility index (Phi) is 5.41. The molecule has 0 unspecified atom stereocenters. The molecule has 10 nitrogen and oxygen atoms in total. The molecule has 1 fully saturated rings. The van der Waals surface area contributed by atoms with Gasteiger partial charge >= 0.3 is 0 Å². The molecule has 1 aromatic heterocycles. The molecular formula is C19H21N5O5S. The summed E-state index contributed by atoms with van der Waals surface area (Å²) in [5, 5.41) is 11.2. The van der Waals surface area contributed by atoms with Gasteiger partial charge in [0.15, 0.2) is 4.90 Å². The highest BCUT2D eigenvalue weighted by atomic mass is 32.2. The van der Waals surface area contributed by atoms with Crippen LogP contribution in [-0.2, 0) is 16.6 Å². The third-order valence-corrected chi connectivity index (χ3v) is 7.07. The highest BCUT2D eigenvalue weighted by molar-refractivity contribution is 7.89. The van der Waals surface area contributed by atoms with E-state index in [0.717, 1.165) is 22.6 Å². The number of imidazole rings is 1. The molecular weight excluding hydrogens is 410 g/mol. The largest absolute Gasteiger partial charge is 0.497 e. The number of benzene rings is 2. The molecule has 0 aliphatic carbocycles. The van der Waals surface area contributed by atoms with Crippen molar-refractivity contribution in [3.63, 3.8) is 0 Å².